The van der Waals surface area contributed by atoms with E-state index < -0.39 is 10.0 Å². The third kappa shape index (κ3) is 3.69. The molecule has 5 nitrogen and oxygen atoms in total. The molecule has 0 aliphatic carbocycles. The van der Waals surface area contributed by atoms with Gasteiger partial charge in [0.25, 0.3) is 0 Å². The van der Waals surface area contributed by atoms with E-state index in [0.29, 0.717) is 0 Å². The molecule has 0 saturated heterocycles. The lowest BCUT2D eigenvalue weighted by Crippen LogP contribution is -2.27. The third-order valence-corrected chi connectivity index (χ3v) is 3.22. The Kier molecular flexibility index (Phi) is 3.81. The van der Waals surface area contributed by atoms with Gasteiger partial charge in [0.05, 0.1) is 10.7 Å². The summed E-state index contributed by atoms with van der Waals surface area (Å²) in [5.74, 6) is -0.0363. The maximum absolute atomic E-state index is 11.6. The second-order valence-electron chi connectivity index (χ2n) is 2.99. The van der Waals surface area contributed by atoms with E-state index in [-0.39, 0.29) is 23.7 Å². The lowest BCUT2D eigenvalue weighted by Gasteiger charge is -2.05. The van der Waals surface area contributed by atoms with Crippen molar-refractivity contribution >= 4 is 15.9 Å². The van der Waals surface area contributed by atoms with Crippen LogP contribution in [0.1, 0.15) is 6.42 Å². The summed E-state index contributed by atoms with van der Waals surface area (Å²) in [7, 11) is -3.46. The standard InChI is InChI=1S/C9H13N3O2S/c10-9(11)6-7-12-15(13,14)8-4-2-1-3-5-8/h1-5,12H,6-7H2,(H3,10,11). The van der Waals surface area contributed by atoms with Crippen molar-refractivity contribution in [1.29, 1.82) is 5.41 Å². The average molecular weight is 227 g/mol. The Hall–Kier alpha value is -1.40. The highest BCUT2D eigenvalue weighted by Gasteiger charge is 2.11. The molecule has 0 unspecified atom stereocenters. The van der Waals surface area contributed by atoms with Crippen LogP contribution in [-0.4, -0.2) is 20.8 Å². The van der Waals surface area contributed by atoms with Crippen LogP contribution in [0, 0.1) is 5.41 Å². The Labute approximate surface area is 88.9 Å². The van der Waals surface area contributed by atoms with Gasteiger partial charge < -0.3 is 5.73 Å². The van der Waals surface area contributed by atoms with Crippen molar-refractivity contribution in [2.24, 2.45) is 5.73 Å². The first-order valence-electron chi connectivity index (χ1n) is 4.40. The molecule has 0 aliphatic heterocycles. The van der Waals surface area contributed by atoms with Crippen LogP contribution in [0.25, 0.3) is 0 Å². The summed E-state index contributed by atoms with van der Waals surface area (Å²) < 4.78 is 25.5. The molecule has 0 spiro atoms. The number of sulfonamides is 1. The van der Waals surface area contributed by atoms with Crippen LogP contribution in [0.5, 0.6) is 0 Å². The molecule has 0 amide bonds. The molecule has 0 heterocycles. The van der Waals surface area contributed by atoms with E-state index in [1.54, 1.807) is 18.2 Å². The molecule has 1 aromatic carbocycles. The van der Waals surface area contributed by atoms with Crippen LogP contribution in [-0.2, 0) is 10.0 Å². The van der Waals surface area contributed by atoms with Crippen LogP contribution in [0.15, 0.2) is 35.2 Å². The van der Waals surface area contributed by atoms with Crippen molar-refractivity contribution in [3.8, 4) is 0 Å². The van der Waals surface area contributed by atoms with Gasteiger partial charge in [-0.25, -0.2) is 13.1 Å². The smallest absolute Gasteiger partial charge is 0.240 e. The Balaban J connectivity index is 2.65. The molecule has 0 saturated carbocycles. The molecule has 1 aromatic rings. The van der Waals surface area contributed by atoms with Crippen LogP contribution < -0.4 is 10.5 Å². The number of amidine groups is 1. The highest BCUT2D eigenvalue weighted by Crippen LogP contribution is 2.06. The van der Waals surface area contributed by atoms with Crippen LogP contribution in [0.4, 0.5) is 0 Å². The first-order chi connectivity index (χ1) is 7.02. The molecular formula is C9H13N3O2S. The van der Waals surface area contributed by atoms with Crippen molar-refractivity contribution in [2.45, 2.75) is 11.3 Å². The monoisotopic (exact) mass is 227 g/mol. The molecule has 0 fully saturated rings. The van der Waals surface area contributed by atoms with E-state index in [2.05, 4.69) is 4.72 Å². The first-order valence-corrected chi connectivity index (χ1v) is 5.88. The van der Waals surface area contributed by atoms with Crippen LogP contribution >= 0.6 is 0 Å². The quantitative estimate of drug-likeness (QED) is 0.498. The second kappa shape index (κ2) is 4.90. The second-order valence-corrected chi connectivity index (χ2v) is 4.75. The van der Waals surface area contributed by atoms with Gasteiger partial charge in [-0.2, -0.15) is 0 Å². The van der Waals surface area contributed by atoms with Gasteiger partial charge in [-0.15, -0.1) is 0 Å². The van der Waals surface area contributed by atoms with E-state index in [1.807, 2.05) is 0 Å². The number of hydrogen-bond acceptors (Lipinski definition) is 3. The van der Waals surface area contributed by atoms with E-state index in [1.165, 1.54) is 12.1 Å². The molecule has 4 N–H and O–H groups in total. The minimum atomic E-state index is -3.46. The molecule has 82 valence electrons. The zero-order valence-electron chi connectivity index (χ0n) is 8.10. The fraction of sp³-hybridized carbons (Fsp3) is 0.222. The fourth-order valence-corrected chi connectivity index (χ4v) is 2.06. The number of rotatable bonds is 5. The van der Waals surface area contributed by atoms with Gasteiger partial charge in [0.2, 0.25) is 10.0 Å². The van der Waals surface area contributed by atoms with Gasteiger partial charge in [-0.3, -0.25) is 5.41 Å². The Morgan fingerprint density at radius 3 is 2.47 bits per heavy atom. The van der Waals surface area contributed by atoms with E-state index in [9.17, 15) is 8.42 Å². The largest absolute Gasteiger partial charge is 0.388 e. The zero-order valence-corrected chi connectivity index (χ0v) is 8.92. The zero-order chi connectivity index (χ0) is 11.3. The van der Waals surface area contributed by atoms with E-state index in [4.69, 9.17) is 11.1 Å². The molecule has 0 aromatic heterocycles. The van der Waals surface area contributed by atoms with Crippen LogP contribution in [0.2, 0.25) is 0 Å². The average Bonchev–Trinajstić information content (AvgIpc) is 2.18. The Morgan fingerprint density at radius 2 is 1.93 bits per heavy atom. The number of nitrogens with one attached hydrogen (secondary N) is 2. The molecular weight excluding hydrogens is 214 g/mol. The minimum absolute atomic E-state index is 0.0363. The van der Waals surface area contributed by atoms with Crippen LogP contribution in [0.3, 0.4) is 0 Å². The minimum Gasteiger partial charge on any atom is -0.388 e. The Bertz CT molecular complexity index is 428. The van der Waals surface area contributed by atoms with Crippen molar-refractivity contribution in [3.63, 3.8) is 0 Å². The highest BCUT2D eigenvalue weighted by molar-refractivity contribution is 7.89. The molecule has 0 bridgehead atoms. The number of hydrogen-bond donors (Lipinski definition) is 3. The molecule has 6 heteroatoms. The molecule has 0 aliphatic rings. The van der Waals surface area contributed by atoms with Gasteiger partial charge in [-0.1, -0.05) is 18.2 Å². The molecule has 0 radical (unpaired) electrons. The van der Waals surface area contributed by atoms with Gasteiger partial charge in [-0.05, 0) is 12.1 Å². The predicted octanol–water partition coefficient (Wildman–Crippen LogP) is 0.291. The topological polar surface area (TPSA) is 96.0 Å². The maximum Gasteiger partial charge on any atom is 0.240 e. The number of nitrogens with two attached hydrogens (primary N) is 1. The van der Waals surface area contributed by atoms with Crippen molar-refractivity contribution in [3.05, 3.63) is 30.3 Å². The summed E-state index contributed by atoms with van der Waals surface area (Å²) in [6, 6.07) is 8.07. The SMILES string of the molecule is N=C(N)CCNS(=O)(=O)c1ccccc1. The predicted molar refractivity (Wildman–Crippen MR) is 58.2 cm³/mol. The fourth-order valence-electron chi connectivity index (χ4n) is 1.00. The molecule has 15 heavy (non-hydrogen) atoms. The van der Waals surface area contributed by atoms with Crippen molar-refractivity contribution < 1.29 is 8.42 Å². The van der Waals surface area contributed by atoms with Gasteiger partial charge in [0.15, 0.2) is 0 Å². The van der Waals surface area contributed by atoms with Gasteiger partial charge in [0, 0.05) is 13.0 Å². The van der Waals surface area contributed by atoms with Gasteiger partial charge in [0.1, 0.15) is 0 Å². The van der Waals surface area contributed by atoms with Crippen molar-refractivity contribution in [1.82, 2.24) is 4.72 Å². The summed E-state index contributed by atoms with van der Waals surface area (Å²) in [5, 5.41) is 6.95. The summed E-state index contributed by atoms with van der Waals surface area (Å²) in [4.78, 5) is 0.216. The summed E-state index contributed by atoms with van der Waals surface area (Å²) in [6.07, 6.45) is 0.214. The summed E-state index contributed by atoms with van der Waals surface area (Å²) in [6.45, 7) is 0.145. The lowest BCUT2D eigenvalue weighted by atomic mass is 10.4. The number of benzene rings is 1. The molecule has 1 rings (SSSR count). The highest BCUT2D eigenvalue weighted by atomic mass is 32.2. The van der Waals surface area contributed by atoms with Gasteiger partial charge >= 0.3 is 0 Å². The lowest BCUT2D eigenvalue weighted by molar-refractivity contribution is 0.582. The summed E-state index contributed by atoms with van der Waals surface area (Å²) >= 11 is 0. The normalized spacial score (nSPS) is 11.2. The Morgan fingerprint density at radius 1 is 1.33 bits per heavy atom. The molecule has 0 atom stereocenters. The van der Waals surface area contributed by atoms with Crippen molar-refractivity contribution in [2.75, 3.05) is 6.54 Å². The van der Waals surface area contributed by atoms with E-state index >= 15 is 0 Å². The third-order valence-electron chi connectivity index (χ3n) is 1.74. The van der Waals surface area contributed by atoms with E-state index in [0.717, 1.165) is 0 Å². The summed E-state index contributed by atoms with van der Waals surface area (Å²) in [5.41, 5.74) is 5.11. The first kappa shape index (κ1) is 11.7. The maximum atomic E-state index is 11.6.